The molecule has 0 bridgehead atoms. The smallest absolute Gasteiger partial charge is 0.341 e. The monoisotopic (exact) mass is 672 g/mol. The average Bonchev–Trinajstić information content (AvgIpc) is 2.99. The van der Waals surface area contributed by atoms with Gasteiger partial charge in [0, 0.05) is 17.5 Å². The van der Waals surface area contributed by atoms with E-state index in [2.05, 4.69) is 17.1 Å². The van der Waals surface area contributed by atoms with Gasteiger partial charge < -0.3 is 29.9 Å². The van der Waals surface area contributed by atoms with E-state index in [0.717, 1.165) is 19.3 Å². The highest BCUT2D eigenvalue weighted by molar-refractivity contribution is 7.66. The summed E-state index contributed by atoms with van der Waals surface area (Å²) in [4.78, 5) is 24.4. The number of methoxy groups -OCH3 is 2. The van der Waals surface area contributed by atoms with E-state index in [-0.39, 0.29) is 38.7 Å². The van der Waals surface area contributed by atoms with Crippen molar-refractivity contribution in [3.05, 3.63) is 45.4 Å². The SMILES string of the molecule is CCCCCCCCCCCCCCCCP(=O)(Nc1cc(Cl)c(O)c(C(=O)OC)c1)Nc1cc(Cl)c(O)c(C(=O)OC)c1. The van der Waals surface area contributed by atoms with E-state index >= 15 is 0 Å². The number of esters is 2. The lowest BCUT2D eigenvalue weighted by molar-refractivity contribution is 0.0588. The Morgan fingerprint density at radius 1 is 0.659 bits per heavy atom. The number of ether oxygens (including phenoxy) is 2. The largest absolute Gasteiger partial charge is 0.505 e. The van der Waals surface area contributed by atoms with Crippen LogP contribution in [-0.2, 0) is 14.0 Å². The van der Waals surface area contributed by atoms with Gasteiger partial charge >= 0.3 is 11.9 Å². The van der Waals surface area contributed by atoms with Crippen molar-refractivity contribution in [2.75, 3.05) is 30.6 Å². The lowest BCUT2D eigenvalue weighted by Crippen LogP contribution is -2.12. The number of carbonyl (C=O) groups is 2. The third kappa shape index (κ3) is 12.4. The van der Waals surface area contributed by atoms with Crippen molar-refractivity contribution >= 4 is 54.0 Å². The summed E-state index contributed by atoms with van der Waals surface area (Å²) in [5.74, 6) is -2.52. The zero-order chi connectivity index (χ0) is 32.5. The van der Waals surface area contributed by atoms with Gasteiger partial charge in [-0.15, -0.1) is 0 Å². The molecule has 2 rings (SSSR count). The number of unbranched alkanes of at least 4 members (excludes halogenated alkanes) is 13. The van der Waals surface area contributed by atoms with Crippen LogP contribution in [0.4, 0.5) is 11.4 Å². The molecule has 9 nitrogen and oxygen atoms in total. The highest BCUT2D eigenvalue weighted by Gasteiger charge is 2.26. The van der Waals surface area contributed by atoms with E-state index in [1.165, 1.54) is 103 Å². The van der Waals surface area contributed by atoms with Gasteiger partial charge in [0.25, 0.3) is 7.44 Å². The van der Waals surface area contributed by atoms with Gasteiger partial charge in [-0.25, -0.2) is 9.59 Å². The Morgan fingerprint density at radius 2 is 1.00 bits per heavy atom. The van der Waals surface area contributed by atoms with Crippen molar-refractivity contribution in [2.45, 2.75) is 96.8 Å². The van der Waals surface area contributed by atoms with Crippen molar-refractivity contribution in [2.24, 2.45) is 0 Å². The van der Waals surface area contributed by atoms with Crippen LogP contribution < -0.4 is 10.2 Å². The van der Waals surface area contributed by atoms with Crippen LogP contribution in [0.1, 0.15) is 118 Å². The summed E-state index contributed by atoms with van der Waals surface area (Å²) in [5.41, 5.74) is 0.0531. The predicted molar refractivity (Wildman–Crippen MR) is 179 cm³/mol. The van der Waals surface area contributed by atoms with Crippen molar-refractivity contribution in [1.29, 1.82) is 0 Å². The molecule has 0 spiro atoms. The summed E-state index contributed by atoms with van der Waals surface area (Å²) in [5, 5.41) is 26.1. The van der Waals surface area contributed by atoms with E-state index in [9.17, 15) is 24.4 Å². The molecule has 4 N–H and O–H groups in total. The second-order valence-electron chi connectivity index (χ2n) is 11.0. The molecular formula is C32H47Cl2N2O7P. The average molecular weight is 674 g/mol. The van der Waals surface area contributed by atoms with Crippen LogP contribution in [0.15, 0.2) is 24.3 Å². The number of phenols is 2. The van der Waals surface area contributed by atoms with Crippen LogP contribution in [0, 0.1) is 0 Å². The summed E-state index contributed by atoms with van der Waals surface area (Å²) in [6.07, 6.45) is 16.7. The number of benzene rings is 2. The van der Waals surface area contributed by atoms with Crippen LogP contribution in [0.2, 0.25) is 10.0 Å². The number of hydrogen-bond donors (Lipinski definition) is 4. The summed E-state index contributed by atoms with van der Waals surface area (Å²) < 4.78 is 23.8. The standard InChI is InChI=1S/C32H47Cl2N2O7P/c1-4-5-6-7-8-9-10-11-12-13-14-15-16-17-18-44(41,35-23-19-25(31(39)42-2)29(37)27(33)21-23)36-24-20-26(32(40)43-3)30(38)28(34)22-24/h19-22,37-38H,4-18H2,1-3H3,(H2,35,36,41). The molecule has 0 unspecified atom stereocenters. The minimum absolute atomic E-state index is 0.126. The van der Waals surface area contributed by atoms with E-state index in [0.29, 0.717) is 6.42 Å². The van der Waals surface area contributed by atoms with Gasteiger partial charge in [0.15, 0.2) is 0 Å². The van der Waals surface area contributed by atoms with Crippen LogP contribution in [0.25, 0.3) is 0 Å². The molecule has 0 aliphatic heterocycles. The molecule has 2 aromatic carbocycles. The Kier molecular flexibility index (Phi) is 16.8. The first-order valence-electron chi connectivity index (χ1n) is 15.4. The maximum absolute atomic E-state index is 14.3. The molecule has 0 aliphatic carbocycles. The van der Waals surface area contributed by atoms with Gasteiger partial charge in [-0.3, -0.25) is 4.57 Å². The van der Waals surface area contributed by atoms with Crippen LogP contribution in [0.5, 0.6) is 11.5 Å². The fraction of sp³-hybridized carbons (Fsp3) is 0.562. The number of phenolic OH excluding ortho intramolecular Hbond substituents is 2. The van der Waals surface area contributed by atoms with Crippen LogP contribution in [0.3, 0.4) is 0 Å². The van der Waals surface area contributed by atoms with Gasteiger partial charge in [-0.1, -0.05) is 114 Å². The molecule has 12 heteroatoms. The topological polar surface area (TPSA) is 134 Å². The first-order chi connectivity index (χ1) is 21.0. The fourth-order valence-electron chi connectivity index (χ4n) is 4.94. The predicted octanol–water partition coefficient (Wildman–Crippen LogP) is 10.2. The van der Waals surface area contributed by atoms with E-state index in [4.69, 9.17) is 32.7 Å². The molecule has 0 atom stereocenters. The molecular weight excluding hydrogens is 626 g/mol. The van der Waals surface area contributed by atoms with Crippen molar-refractivity contribution in [1.82, 2.24) is 0 Å². The van der Waals surface area contributed by atoms with Crippen molar-refractivity contribution < 1.29 is 33.8 Å². The summed E-state index contributed by atoms with van der Waals surface area (Å²) in [6.45, 7) is 2.24. The zero-order valence-electron chi connectivity index (χ0n) is 26.1. The van der Waals surface area contributed by atoms with Crippen molar-refractivity contribution in [3.8, 4) is 11.5 Å². The Morgan fingerprint density at radius 3 is 1.34 bits per heavy atom. The summed E-state index contributed by atoms with van der Waals surface area (Å²) in [6, 6.07) is 5.31. The third-order valence-electron chi connectivity index (χ3n) is 7.38. The van der Waals surface area contributed by atoms with E-state index < -0.39 is 30.9 Å². The number of rotatable bonds is 21. The maximum Gasteiger partial charge on any atom is 0.341 e. The minimum atomic E-state index is -3.52. The lowest BCUT2D eigenvalue weighted by atomic mass is 10.0. The number of hydrogen-bond acceptors (Lipinski definition) is 7. The first-order valence-corrected chi connectivity index (χ1v) is 18.1. The number of nitrogens with one attached hydrogen (secondary N) is 2. The Hall–Kier alpha value is -2.61. The second kappa shape index (κ2) is 19.7. The van der Waals surface area contributed by atoms with Crippen LogP contribution >= 0.6 is 30.6 Å². The highest BCUT2D eigenvalue weighted by Crippen LogP contribution is 2.49. The van der Waals surface area contributed by atoms with Crippen molar-refractivity contribution in [3.63, 3.8) is 0 Å². The number of aromatic hydroxyl groups is 2. The zero-order valence-corrected chi connectivity index (χ0v) is 28.5. The molecule has 0 heterocycles. The van der Waals surface area contributed by atoms with E-state index in [1.807, 2.05) is 0 Å². The molecule has 0 aromatic heterocycles. The lowest BCUT2D eigenvalue weighted by Gasteiger charge is -2.24. The van der Waals surface area contributed by atoms with Gasteiger partial charge in [0.2, 0.25) is 0 Å². The molecule has 0 amide bonds. The second-order valence-corrected chi connectivity index (χ2v) is 14.2. The summed E-state index contributed by atoms with van der Waals surface area (Å²) >= 11 is 12.3. The van der Waals surface area contributed by atoms with Gasteiger partial charge in [-0.05, 0) is 30.7 Å². The molecule has 2 aromatic rings. The Labute approximate surface area is 271 Å². The van der Waals surface area contributed by atoms with Crippen LogP contribution in [-0.4, -0.2) is 42.5 Å². The molecule has 0 saturated heterocycles. The van der Waals surface area contributed by atoms with E-state index in [1.54, 1.807) is 0 Å². The fourth-order valence-corrected chi connectivity index (χ4v) is 7.42. The molecule has 44 heavy (non-hydrogen) atoms. The normalized spacial score (nSPS) is 11.3. The molecule has 0 radical (unpaired) electrons. The number of carbonyl (C=O) groups excluding carboxylic acids is 2. The summed E-state index contributed by atoms with van der Waals surface area (Å²) in [7, 11) is -1.18. The van der Waals surface area contributed by atoms with Gasteiger partial charge in [0.1, 0.15) is 22.6 Å². The quantitative estimate of drug-likeness (QED) is 0.0442. The minimum Gasteiger partial charge on any atom is -0.505 e. The van der Waals surface area contributed by atoms with Gasteiger partial charge in [-0.2, -0.15) is 0 Å². The number of halogens is 2. The first kappa shape index (κ1) is 37.6. The maximum atomic E-state index is 14.3. The molecule has 0 saturated carbocycles. The molecule has 246 valence electrons. The Balaban J connectivity index is 2.05. The molecule has 0 aliphatic rings. The highest BCUT2D eigenvalue weighted by atomic mass is 35.5. The third-order valence-corrected chi connectivity index (χ3v) is 10.1. The molecule has 0 fully saturated rings. The number of anilines is 2. The van der Waals surface area contributed by atoms with Gasteiger partial charge in [0.05, 0.1) is 24.3 Å². The Bertz CT molecular complexity index is 1200.